The zero-order chi connectivity index (χ0) is 16.7. The van der Waals surface area contributed by atoms with Gasteiger partial charge in [-0.25, -0.2) is 9.97 Å². The van der Waals surface area contributed by atoms with Gasteiger partial charge in [0.2, 0.25) is 5.91 Å². The Kier molecular flexibility index (Phi) is 4.19. The van der Waals surface area contributed by atoms with E-state index < -0.39 is 0 Å². The van der Waals surface area contributed by atoms with E-state index in [1.165, 1.54) is 18.4 Å². The third-order valence-corrected chi connectivity index (χ3v) is 5.96. The van der Waals surface area contributed by atoms with Crippen molar-refractivity contribution in [2.45, 2.75) is 58.4 Å². The molecule has 4 rings (SSSR count). The first-order valence-electron chi connectivity index (χ1n) is 9.52. The molecule has 0 radical (unpaired) electrons. The molecule has 0 N–H and O–H groups in total. The van der Waals surface area contributed by atoms with E-state index in [-0.39, 0.29) is 0 Å². The normalized spacial score (nSPS) is 29.6. The minimum absolute atomic E-state index is 0.388. The molecule has 1 aromatic rings. The van der Waals surface area contributed by atoms with Crippen LogP contribution in [0.1, 0.15) is 50.4 Å². The van der Waals surface area contributed by atoms with E-state index in [1.807, 2.05) is 13.1 Å². The van der Waals surface area contributed by atoms with E-state index >= 15 is 0 Å². The molecule has 0 spiro atoms. The minimum atomic E-state index is 0.388. The van der Waals surface area contributed by atoms with E-state index in [0.717, 1.165) is 57.0 Å². The maximum atomic E-state index is 12.3. The second-order valence-electron chi connectivity index (χ2n) is 7.79. The molecule has 0 saturated carbocycles. The highest BCUT2D eigenvalue weighted by molar-refractivity contribution is 5.77. The Morgan fingerprint density at radius 3 is 3.00 bits per heavy atom. The van der Waals surface area contributed by atoms with Gasteiger partial charge in [0.1, 0.15) is 11.6 Å². The highest BCUT2D eigenvalue weighted by Crippen LogP contribution is 2.39. The topological polar surface area (TPSA) is 49.3 Å². The molecule has 0 aromatic carbocycles. The fourth-order valence-corrected chi connectivity index (χ4v) is 4.99. The number of rotatable bonds is 3. The van der Waals surface area contributed by atoms with Gasteiger partial charge in [-0.05, 0) is 44.4 Å². The van der Waals surface area contributed by atoms with Crippen molar-refractivity contribution in [1.82, 2.24) is 14.9 Å². The lowest BCUT2D eigenvalue weighted by Gasteiger charge is -2.52. The van der Waals surface area contributed by atoms with Crippen LogP contribution < -0.4 is 4.90 Å². The summed E-state index contributed by atoms with van der Waals surface area (Å²) in [7, 11) is 0. The van der Waals surface area contributed by atoms with Crippen molar-refractivity contribution in [3.8, 4) is 0 Å². The molecule has 3 saturated heterocycles. The molecule has 24 heavy (non-hydrogen) atoms. The summed E-state index contributed by atoms with van der Waals surface area (Å²) in [6.07, 6.45) is 8.45. The molecule has 1 aromatic heterocycles. The summed E-state index contributed by atoms with van der Waals surface area (Å²) >= 11 is 0. The Morgan fingerprint density at radius 1 is 1.29 bits per heavy atom. The summed E-state index contributed by atoms with van der Waals surface area (Å²) in [6.45, 7) is 7.20. The fraction of sp³-hybridized carbons (Fsp3) is 0.737. The van der Waals surface area contributed by atoms with Crippen LogP contribution in [0.2, 0.25) is 0 Å². The zero-order valence-electron chi connectivity index (χ0n) is 14.9. The summed E-state index contributed by atoms with van der Waals surface area (Å²) in [5.41, 5.74) is 1.28. The number of hydrogen-bond donors (Lipinski definition) is 0. The number of piperidine rings is 3. The second kappa shape index (κ2) is 6.34. The summed E-state index contributed by atoms with van der Waals surface area (Å²) in [6, 6.07) is 0.461. The number of aromatic nitrogens is 2. The third kappa shape index (κ3) is 2.78. The van der Waals surface area contributed by atoms with Gasteiger partial charge < -0.3 is 9.80 Å². The fourth-order valence-electron chi connectivity index (χ4n) is 4.99. The van der Waals surface area contributed by atoms with Crippen molar-refractivity contribution in [2.75, 3.05) is 24.5 Å². The molecule has 0 aliphatic carbocycles. The largest absolute Gasteiger partial charge is 0.356 e. The number of aryl methyl sites for hydroxylation is 2. The standard InChI is InChI=1S/C19H28N4O/c1-3-5-15-9-20-13(2)21-19(15)22-10-14-8-16(12-22)17-6-4-7-18(24)23(17)11-14/h9,14,16-17H,3-8,10-12H2,1-2H3/t14?,16?,17-/m0/s1. The highest BCUT2D eigenvalue weighted by Gasteiger charge is 2.44. The zero-order valence-corrected chi connectivity index (χ0v) is 14.9. The minimum Gasteiger partial charge on any atom is -0.356 e. The smallest absolute Gasteiger partial charge is 0.222 e. The van der Waals surface area contributed by atoms with Crippen LogP contribution in [0.4, 0.5) is 5.82 Å². The highest BCUT2D eigenvalue weighted by atomic mass is 16.2. The average Bonchev–Trinajstić information content (AvgIpc) is 2.57. The van der Waals surface area contributed by atoms with Crippen LogP contribution in [-0.2, 0) is 11.2 Å². The van der Waals surface area contributed by atoms with Gasteiger partial charge in [-0.3, -0.25) is 4.79 Å². The summed E-state index contributed by atoms with van der Waals surface area (Å²) < 4.78 is 0. The van der Waals surface area contributed by atoms with Gasteiger partial charge in [0.05, 0.1) is 0 Å². The van der Waals surface area contributed by atoms with Crippen LogP contribution in [0.3, 0.4) is 0 Å². The van der Waals surface area contributed by atoms with Gasteiger partial charge in [0, 0.05) is 43.9 Å². The molecule has 3 aliphatic heterocycles. The van der Waals surface area contributed by atoms with Gasteiger partial charge in [0.15, 0.2) is 0 Å². The Bertz CT molecular complexity index is 632. The van der Waals surface area contributed by atoms with Gasteiger partial charge >= 0.3 is 0 Å². The van der Waals surface area contributed by atoms with Crippen molar-refractivity contribution in [3.63, 3.8) is 0 Å². The number of amides is 1. The van der Waals surface area contributed by atoms with Gasteiger partial charge in [-0.2, -0.15) is 0 Å². The number of hydrogen-bond acceptors (Lipinski definition) is 4. The molecule has 3 fully saturated rings. The Balaban J connectivity index is 1.60. The van der Waals surface area contributed by atoms with Crippen LogP contribution in [-0.4, -0.2) is 46.5 Å². The van der Waals surface area contributed by atoms with E-state index in [9.17, 15) is 4.79 Å². The van der Waals surface area contributed by atoms with Crippen LogP contribution in [0.5, 0.6) is 0 Å². The number of carbonyl (C=O) groups excluding carboxylic acids is 1. The number of fused-ring (bicyclic) bond motifs is 4. The monoisotopic (exact) mass is 328 g/mol. The Labute approximate surface area is 144 Å². The Hall–Kier alpha value is -1.65. The average molecular weight is 328 g/mol. The van der Waals surface area contributed by atoms with Crippen LogP contribution in [0.15, 0.2) is 6.20 Å². The number of carbonyl (C=O) groups is 1. The molecule has 5 nitrogen and oxygen atoms in total. The molecular weight excluding hydrogens is 300 g/mol. The number of nitrogens with zero attached hydrogens (tertiary/aromatic N) is 4. The van der Waals surface area contributed by atoms with E-state index in [0.29, 0.717) is 23.8 Å². The molecule has 4 heterocycles. The lowest BCUT2D eigenvalue weighted by molar-refractivity contribution is -0.142. The third-order valence-electron chi connectivity index (χ3n) is 5.96. The van der Waals surface area contributed by atoms with E-state index in [4.69, 9.17) is 4.98 Å². The molecule has 3 atom stereocenters. The van der Waals surface area contributed by atoms with Gasteiger partial charge in [0.25, 0.3) is 0 Å². The van der Waals surface area contributed by atoms with Crippen molar-refractivity contribution in [1.29, 1.82) is 0 Å². The maximum absolute atomic E-state index is 12.3. The lowest BCUT2D eigenvalue weighted by Crippen LogP contribution is -2.60. The second-order valence-corrected chi connectivity index (χ2v) is 7.79. The van der Waals surface area contributed by atoms with Crippen molar-refractivity contribution < 1.29 is 4.79 Å². The predicted octanol–water partition coefficient (Wildman–Crippen LogP) is 2.57. The van der Waals surface area contributed by atoms with Crippen LogP contribution in [0, 0.1) is 18.8 Å². The molecule has 130 valence electrons. The SMILES string of the molecule is CCCc1cnc(C)nc1N1CC2CC(C1)[C@@H]1CCCC(=O)N1C2. The molecular formula is C19H28N4O. The van der Waals surface area contributed by atoms with Gasteiger partial charge in [-0.15, -0.1) is 0 Å². The molecule has 3 aliphatic rings. The van der Waals surface area contributed by atoms with E-state index in [2.05, 4.69) is 21.7 Å². The van der Waals surface area contributed by atoms with Crippen LogP contribution in [0.25, 0.3) is 0 Å². The summed E-state index contributed by atoms with van der Waals surface area (Å²) in [4.78, 5) is 26.2. The molecule has 1 amide bonds. The van der Waals surface area contributed by atoms with Gasteiger partial charge in [-0.1, -0.05) is 13.3 Å². The van der Waals surface area contributed by atoms with Crippen molar-refractivity contribution in [3.05, 3.63) is 17.6 Å². The molecule has 2 unspecified atom stereocenters. The molecule has 5 heteroatoms. The van der Waals surface area contributed by atoms with Crippen LogP contribution >= 0.6 is 0 Å². The molecule has 2 bridgehead atoms. The quantitative estimate of drug-likeness (QED) is 0.856. The maximum Gasteiger partial charge on any atom is 0.222 e. The lowest BCUT2D eigenvalue weighted by atomic mass is 9.76. The summed E-state index contributed by atoms with van der Waals surface area (Å²) in [5, 5.41) is 0. The van der Waals surface area contributed by atoms with E-state index in [1.54, 1.807) is 0 Å². The summed E-state index contributed by atoms with van der Waals surface area (Å²) in [5.74, 6) is 3.59. The first kappa shape index (κ1) is 15.9. The first-order valence-corrected chi connectivity index (χ1v) is 9.52. The predicted molar refractivity (Wildman–Crippen MR) is 93.9 cm³/mol. The van der Waals surface area contributed by atoms with Crippen molar-refractivity contribution >= 4 is 11.7 Å². The first-order chi connectivity index (χ1) is 11.7. The Morgan fingerprint density at radius 2 is 2.17 bits per heavy atom. The number of anilines is 1. The van der Waals surface area contributed by atoms with Crippen molar-refractivity contribution in [2.24, 2.45) is 11.8 Å².